The summed E-state index contributed by atoms with van der Waals surface area (Å²) in [6, 6.07) is 18.9. The van der Waals surface area contributed by atoms with Crippen LogP contribution in [0.1, 0.15) is 18.2 Å². The van der Waals surface area contributed by atoms with Gasteiger partial charge in [0.2, 0.25) is 0 Å². The van der Waals surface area contributed by atoms with E-state index >= 15 is 0 Å². The molecule has 0 amide bonds. The molecule has 5 heteroatoms. The van der Waals surface area contributed by atoms with E-state index in [0.29, 0.717) is 17.9 Å². The molecule has 0 saturated carbocycles. The highest BCUT2D eigenvalue weighted by Crippen LogP contribution is 2.32. The molecule has 1 aromatic heterocycles. The number of carboxylic acids is 1. The maximum atomic E-state index is 12.3. The van der Waals surface area contributed by atoms with Gasteiger partial charge in [0.25, 0.3) is 0 Å². The highest BCUT2D eigenvalue weighted by atomic mass is 16.4. The SMILES string of the molecule is CNCc1cn(C(C)(C(=O)O)c2ccccc2)c(-c2ccccc2)n1. The van der Waals surface area contributed by atoms with Crippen molar-refractivity contribution >= 4 is 5.97 Å². The number of hydrogen-bond acceptors (Lipinski definition) is 3. The fraction of sp³-hybridized carbons (Fsp3) is 0.200. The maximum absolute atomic E-state index is 12.3. The first-order valence-corrected chi connectivity index (χ1v) is 8.15. The Labute approximate surface area is 147 Å². The summed E-state index contributed by atoms with van der Waals surface area (Å²) in [5.41, 5.74) is 1.12. The van der Waals surface area contributed by atoms with Gasteiger partial charge < -0.3 is 15.0 Å². The number of carbonyl (C=O) groups is 1. The summed E-state index contributed by atoms with van der Waals surface area (Å²) >= 11 is 0. The van der Waals surface area contributed by atoms with E-state index in [1.165, 1.54) is 0 Å². The molecular weight excluding hydrogens is 314 g/mol. The molecule has 0 bridgehead atoms. The average Bonchev–Trinajstić information content (AvgIpc) is 3.07. The third kappa shape index (κ3) is 3.06. The number of nitrogens with zero attached hydrogens (tertiary/aromatic N) is 2. The molecule has 3 aromatic rings. The Kier molecular flexibility index (Phi) is 4.67. The van der Waals surface area contributed by atoms with E-state index in [0.717, 1.165) is 11.3 Å². The van der Waals surface area contributed by atoms with E-state index in [9.17, 15) is 9.90 Å². The minimum absolute atomic E-state index is 0.567. The van der Waals surface area contributed by atoms with Crippen LogP contribution in [0.3, 0.4) is 0 Å². The summed E-state index contributed by atoms with van der Waals surface area (Å²) in [5, 5.41) is 13.2. The molecule has 5 nitrogen and oxygen atoms in total. The monoisotopic (exact) mass is 335 g/mol. The predicted octanol–water partition coefficient (Wildman–Crippen LogP) is 3.12. The van der Waals surface area contributed by atoms with Crippen LogP contribution in [-0.2, 0) is 16.9 Å². The second-order valence-corrected chi connectivity index (χ2v) is 6.07. The molecule has 0 aliphatic heterocycles. The standard InChI is InChI=1S/C20H21N3O2/c1-20(19(24)25,16-11-7-4-8-12-16)23-14-17(13-21-2)22-18(23)15-9-5-3-6-10-15/h3-12,14,21H,13H2,1-2H3,(H,24,25). The minimum atomic E-state index is -1.26. The van der Waals surface area contributed by atoms with Crippen LogP contribution in [0.25, 0.3) is 11.4 Å². The normalized spacial score (nSPS) is 13.4. The molecule has 1 unspecified atom stereocenters. The van der Waals surface area contributed by atoms with E-state index < -0.39 is 11.5 Å². The lowest BCUT2D eigenvalue weighted by atomic mass is 9.91. The zero-order valence-electron chi connectivity index (χ0n) is 14.3. The van der Waals surface area contributed by atoms with E-state index in [2.05, 4.69) is 10.3 Å². The molecule has 2 aromatic carbocycles. The van der Waals surface area contributed by atoms with Gasteiger partial charge in [0, 0.05) is 18.3 Å². The highest BCUT2D eigenvalue weighted by Gasteiger charge is 2.39. The summed E-state index contributed by atoms with van der Waals surface area (Å²) < 4.78 is 1.76. The Hall–Kier alpha value is -2.92. The number of nitrogens with one attached hydrogen (secondary N) is 1. The smallest absolute Gasteiger partial charge is 0.334 e. The molecule has 0 spiro atoms. The van der Waals surface area contributed by atoms with Crippen LogP contribution in [-0.4, -0.2) is 27.7 Å². The number of carboxylic acid groups (broad SMARTS) is 1. The molecule has 0 aliphatic carbocycles. The molecule has 128 valence electrons. The Bertz CT molecular complexity index is 859. The van der Waals surface area contributed by atoms with Gasteiger partial charge in [-0.2, -0.15) is 0 Å². The van der Waals surface area contributed by atoms with Crippen LogP contribution in [0, 0.1) is 0 Å². The van der Waals surface area contributed by atoms with Gasteiger partial charge in [0.1, 0.15) is 5.82 Å². The maximum Gasteiger partial charge on any atom is 0.334 e. The molecule has 0 fully saturated rings. The first kappa shape index (κ1) is 16.9. The lowest BCUT2D eigenvalue weighted by Gasteiger charge is -2.29. The summed E-state index contributed by atoms with van der Waals surface area (Å²) in [4.78, 5) is 17.0. The molecule has 0 aliphatic rings. The van der Waals surface area contributed by atoms with Crippen molar-refractivity contribution < 1.29 is 9.90 Å². The summed E-state index contributed by atoms with van der Waals surface area (Å²) in [7, 11) is 1.84. The Morgan fingerprint density at radius 3 is 2.28 bits per heavy atom. The second-order valence-electron chi connectivity index (χ2n) is 6.07. The van der Waals surface area contributed by atoms with Crippen molar-refractivity contribution in [3.05, 3.63) is 78.1 Å². The molecular formula is C20H21N3O2. The number of benzene rings is 2. The van der Waals surface area contributed by atoms with Crippen LogP contribution in [0.5, 0.6) is 0 Å². The van der Waals surface area contributed by atoms with Crippen molar-refractivity contribution in [2.24, 2.45) is 0 Å². The van der Waals surface area contributed by atoms with Gasteiger partial charge in [-0.05, 0) is 19.5 Å². The van der Waals surface area contributed by atoms with Crippen molar-refractivity contribution in [1.29, 1.82) is 0 Å². The quantitative estimate of drug-likeness (QED) is 0.726. The average molecular weight is 335 g/mol. The van der Waals surface area contributed by atoms with Crippen molar-refractivity contribution in [1.82, 2.24) is 14.9 Å². The minimum Gasteiger partial charge on any atom is -0.479 e. The first-order chi connectivity index (χ1) is 12.1. The summed E-state index contributed by atoms with van der Waals surface area (Å²) in [6.07, 6.45) is 1.82. The van der Waals surface area contributed by atoms with Crippen LogP contribution in [0.4, 0.5) is 0 Å². The van der Waals surface area contributed by atoms with Crippen molar-refractivity contribution in [2.75, 3.05) is 7.05 Å². The number of rotatable bonds is 6. The van der Waals surface area contributed by atoms with Gasteiger partial charge in [0.15, 0.2) is 5.54 Å². The van der Waals surface area contributed by atoms with Crippen LogP contribution < -0.4 is 5.32 Å². The Morgan fingerprint density at radius 1 is 1.12 bits per heavy atom. The van der Waals surface area contributed by atoms with Gasteiger partial charge in [-0.15, -0.1) is 0 Å². The fourth-order valence-corrected chi connectivity index (χ4v) is 2.96. The zero-order chi connectivity index (χ0) is 17.9. The first-order valence-electron chi connectivity index (χ1n) is 8.15. The summed E-state index contributed by atoms with van der Waals surface area (Å²) in [5.74, 6) is -0.288. The van der Waals surface area contributed by atoms with Crippen LogP contribution >= 0.6 is 0 Å². The van der Waals surface area contributed by atoms with Gasteiger partial charge in [-0.25, -0.2) is 9.78 Å². The van der Waals surface area contributed by atoms with Crippen LogP contribution in [0.2, 0.25) is 0 Å². The fourth-order valence-electron chi connectivity index (χ4n) is 2.96. The lowest BCUT2D eigenvalue weighted by molar-refractivity contribution is -0.144. The number of aromatic nitrogens is 2. The van der Waals surface area contributed by atoms with Gasteiger partial charge >= 0.3 is 5.97 Å². The van der Waals surface area contributed by atoms with E-state index in [1.807, 2.05) is 73.9 Å². The van der Waals surface area contributed by atoms with Gasteiger partial charge in [-0.3, -0.25) is 0 Å². The molecule has 1 heterocycles. The molecule has 1 atom stereocenters. The van der Waals surface area contributed by atoms with E-state index in [1.54, 1.807) is 11.5 Å². The lowest BCUT2D eigenvalue weighted by Crippen LogP contribution is -2.40. The predicted molar refractivity (Wildman–Crippen MR) is 97.3 cm³/mol. The molecule has 25 heavy (non-hydrogen) atoms. The molecule has 3 rings (SSSR count). The van der Waals surface area contributed by atoms with Gasteiger partial charge in [0.05, 0.1) is 5.69 Å². The topological polar surface area (TPSA) is 67.2 Å². The third-order valence-corrected chi connectivity index (χ3v) is 4.38. The number of hydrogen-bond donors (Lipinski definition) is 2. The van der Waals surface area contributed by atoms with E-state index in [4.69, 9.17) is 0 Å². The van der Waals surface area contributed by atoms with Crippen molar-refractivity contribution in [3.63, 3.8) is 0 Å². The van der Waals surface area contributed by atoms with Crippen molar-refractivity contribution in [2.45, 2.75) is 19.0 Å². The van der Waals surface area contributed by atoms with Gasteiger partial charge in [-0.1, -0.05) is 60.7 Å². The Balaban J connectivity index is 2.24. The number of aliphatic carboxylic acids is 1. The van der Waals surface area contributed by atoms with E-state index in [-0.39, 0.29) is 0 Å². The second kappa shape index (κ2) is 6.91. The number of imidazole rings is 1. The zero-order valence-corrected chi connectivity index (χ0v) is 14.3. The molecule has 0 saturated heterocycles. The molecule has 2 N–H and O–H groups in total. The summed E-state index contributed by atoms with van der Waals surface area (Å²) in [6.45, 7) is 2.28. The third-order valence-electron chi connectivity index (χ3n) is 4.38. The molecule has 0 radical (unpaired) electrons. The largest absolute Gasteiger partial charge is 0.479 e. The Morgan fingerprint density at radius 2 is 1.72 bits per heavy atom. The van der Waals surface area contributed by atoms with Crippen molar-refractivity contribution in [3.8, 4) is 11.4 Å². The highest BCUT2D eigenvalue weighted by molar-refractivity contribution is 5.82. The van der Waals surface area contributed by atoms with Crippen LogP contribution in [0.15, 0.2) is 66.9 Å².